The van der Waals surface area contributed by atoms with Crippen LogP contribution in [0, 0.1) is 5.21 Å². The summed E-state index contributed by atoms with van der Waals surface area (Å²) in [6, 6.07) is 0. The van der Waals surface area contributed by atoms with Crippen molar-refractivity contribution in [3.8, 4) is 0 Å². The molecule has 0 amide bonds. The summed E-state index contributed by atoms with van der Waals surface area (Å²) in [5, 5.41) is 14.6. The second-order valence-electron chi connectivity index (χ2n) is 3.42. The molecule has 3 heteroatoms. The first-order valence-electron chi connectivity index (χ1n) is 4.12. The topological polar surface area (TPSA) is 39.8 Å². The molecule has 3 rings (SSSR count). The number of allylic oxidation sites excluding steroid dienone is 2. The maximum absolute atomic E-state index is 10.9. The van der Waals surface area contributed by atoms with Crippen LogP contribution in [0.3, 0.4) is 0 Å². The molecular weight excluding hydrogens is 152 g/mol. The fourth-order valence-corrected chi connectivity index (χ4v) is 2.20. The van der Waals surface area contributed by atoms with Gasteiger partial charge in [-0.2, -0.15) is 0 Å². The Morgan fingerprint density at radius 3 is 2.92 bits per heavy atom. The smallest absolute Gasteiger partial charge is 0.213 e. The zero-order valence-electron chi connectivity index (χ0n) is 6.47. The second kappa shape index (κ2) is 1.86. The van der Waals surface area contributed by atoms with Crippen molar-refractivity contribution >= 4 is 0 Å². The Morgan fingerprint density at radius 2 is 2.08 bits per heavy atom. The van der Waals surface area contributed by atoms with Gasteiger partial charge >= 0.3 is 0 Å². The van der Waals surface area contributed by atoms with Gasteiger partial charge in [0.05, 0.1) is 0 Å². The third kappa shape index (κ3) is 0.611. The van der Waals surface area contributed by atoms with Crippen molar-refractivity contribution in [3.05, 3.63) is 40.9 Å². The van der Waals surface area contributed by atoms with Gasteiger partial charge in [-0.05, 0) is 12.0 Å². The maximum atomic E-state index is 10.9. The SMILES string of the molecule is [O-][n+]1cc2c(cn1)C1C=CC2C1. The minimum atomic E-state index is 0.480. The van der Waals surface area contributed by atoms with E-state index in [-0.39, 0.29) is 0 Å². The first kappa shape index (κ1) is 6.17. The van der Waals surface area contributed by atoms with Crippen LogP contribution in [0.4, 0.5) is 0 Å². The predicted molar refractivity (Wildman–Crippen MR) is 42.4 cm³/mol. The van der Waals surface area contributed by atoms with E-state index in [1.165, 1.54) is 11.1 Å². The van der Waals surface area contributed by atoms with Crippen molar-refractivity contribution in [2.45, 2.75) is 18.3 Å². The predicted octanol–water partition coefficient (Wildman–Crippen LogP) is 0.856. The molecule has 0 N–H and O–H groups in total. The van der Waals surface area contributed by atoms with Gasteiger partial charge in [0.1, 0.15) is 6.20 Å². The molecule has 2 atom stereocenters. The Balaban J connectivity index is 2.24. The highest BCUT2D eigenvalue weighted by molar-refractivity contribution is 5.44. The van der Waals surface area contributed by atoms with Gasteiger partial charge in [0, 0.05) is 22.5 Å². The molecule has 1 aromatic rings. The largest absolute Gasteiger partial charge is 0.594 e. The van der Waals surface area contributed by atoms with Crippen molar-refractivity contribution in [1.82, 2.24) is 5.10 Å². The summed E-state index contributed by atoms with van der Waals surface area (Å²) in [6.45, 7) is 0. The molecule has 2 aliphatic carbocycles. The molecule has 2 aliphatic rings. The lowest BCUT2D eigenvalue weighted by Crippen LogP contribution is -2.31. The van der Waals surface area contributed by atoms with Gasteiger partial charge in [0.15, 0.2) is 0 Å². The lowest BCUT2D eigenvalue weighted by molar-refractivity contribution is -0.669. The fourth-order valence-electron chi connectivity index (χ4n) is 2.20. The van der Waals surface area contributed by atoms with Gasteiger partial charge in [-0.25, -0.2) is 0 Å². The zero-order valence-corrected chi connectivity index (χ0v) is 6.47. The van der Waals surface area contributed by atoms with Crippen LogP contribution in [-0.4, -0.2) is 5.10 Å². The lowest BCUT2D eigenvalue weighted by atomic mass is 10.0. The molecule has 0 saturated heterocycles. The first-order valence-corrected chi connectivity index (χ1v) is 4.12. The van der Waals surface area contributed by atoms with Crippen LogP contribution in [0.15, 0.2) is 24.5 Å². The van der Waals surface area contributed by atoms with Crippen LogP contribution < -0.4 is 4.85 Å². The Hall–Kier alpha value is -1.38. The van der Waals surface area contributed by atoms with E-state index in [0.717, 1.165) is 6.42 Å². The number of hydrogen-bond acceptors (Lipinski definition) is 2. The van der Waals surface area contributed by atoms with E-state index in [1.54, 1.807) is 12.4 Å². The fraction of sp³-hybridized carbons (Fsp3) is 0.333. The van der Waals surface area contributed by atoms with Gasteiger partial charge in [-0.1, -0.05) is 17.0 Å². The van der Waals surface area contributed by atoms with Crippen LogP contribution in [0.1, 0.15) is 29.4 Å². The van der Waals surface area contributed by atoms with Gasteiger partial charge in [0.2, 0.25) is 6.20 Å². The van der Waals surface area contributed by atoms with E-state index in [0.29, 0.717) is 16.7 Å². The highest BCUT2D eigenvalue weighted by atomic mass is 16.5. The van der Waals surface area contributed by atoms with Gasteiger partial charge < -0.3 is 5.21 Å². The quantitative estimate of drug-likeness (QED) is 0.321. The molecule has 0 spiro atoms. The highest BCUT2D eigenvalue weighted by Gasteiger charge is 2.34. The zero-order chi connectivity index (χ0) is 8.13. The molecule has 1 aromatic heterocycles. The Morgan fingerprint density at radius 1 is 1.33 bits per heavy atom. The molecule has 60 valence electrons. The second-order valence-corrected chi connectivity index (χ2v) is 3.42. The van der Waals surface area contributed by atoms with E-state index in [9.17, 15) is 5.21 Å². The number of fused-ring (bicyclic) bond motifs is 5. The maximum Gasteiger partial charge on any atom is 0.213 e. The van der Waals surface area contributed by atoms with Crippen molar-refractivity contribution in [3.63, 3.8) is 0 Å². The van der Waals surface area contributed by atoms with Crippen LogP contribution >= 0.6 is 0 Å². The van der Waals surface area contributed by atoms with E-state index in [1.807, 2.05) is 0 Å². The standard InChI is InChI=1S/C9H8N2O/c12-11-5-9-7-2-1-6(3-7)8(9)4-10-11/h1-2,4-7H,3H2. The minimum absolute atomic E-state index is 0.480. The summed E-state index contributed by atoms with van der Waals surface area (Å²) in [6.07, 6.45) is 8.85. The molecule has 0 aliphatic heterocycles. The van der Waals surface area contributed by atoms with Crippen molar-refractivity contribution in [2.24, 2.45) is 0 Å². The Kier molecular flexibility index (Phi) is 0.955. The molecule has 1 heterocycles. The normalized spacial score (nSPS) is 29.3. The number of hydrogen-bond donors (Lipinski definition) is 0. The molecule has 0 saturated carbocycles. The molecule has 12 heavy (non-hydrogen) atoms. The molecular formula is C9H8N2O. The average molecular weight is 160 g/mol. The molecule has 0 radical (unpaired) electrons. The van der Waals surface area contributed by atoms with E-state index < -0.39 is 0 Å². The lowest BCUT2D eigenvalue weighted by Gasteiger charge is -2.06. The number of nitrogens with zero attached hydrogens (tertiary/aromatic N) is 2. The van der Waals surface area contributed by atoms with Gasteiger partial charge in [0.25, 0.3) is 0 Å². The van der Waals surface area contributed by atoms with Crippen LogP contribution in [0.25, 0.3) is 0 Å². The number of aromatic nitrogens is 2. The molecule has 2 bridgehead atoms. The van der Waals surface area contributed by atoms with E-state index in [4.69, 9.17) is 0 Å². The highest BCUT2D eigenvalue weighted by Crippen LogP contribution is 2.47. The van der Waals surface area contributed by atoms with Crippen LogP contribution in [0.5, 0.6) is 0 Å². The first-order chi connectivity index (χ1) is 5.84. The third-order valence-electron chi connectivity index (χ3n) is 2.78. The molecule has 0 fully saturated rings. The molecule has 0 aromatic carbocycles. The molecule has 2 unspecified atom stereocenters. The summed E-state index contributed by atoms with van der Waals surface area (Å²) < 4.78 is 0. The summed E-state index contributed by atoms with van der Waals surface area (Å²) in [5.74, 6) is 1.01. The monoisotopic (exact) mass is 160 g/mol. The van der Waals surface area contributed by atoms with Crippen LogP contribution in [0.2, 0.25) is 0 Å². The van der Waals surface area contributed by atoms with Gasteiger partial charge in [-0.15, -0.1) is 0 Å². The average Bonchev–Trinajstić information content (AvgIpc) is 2.63. The minimum Gasteiger partial charge on any atom is -0.594 e. The van der Waals surface area contributed by atoms with Crippen molar-refractivity contribution in [1.29, 1.82) is 0 Å². The summed E-state index contributed by atoms with van der Waals surface area (Å²) >= 11 is 0. The number of rotatable bonds is 0. The van der Waals surface area contributed by atoms with Crippen LogP contribution in [-0.2, 0) is 0 Å². The van der Waals surface area contributed by atoms with E-state index in [2.05, 4.69) is 17.3 Å². The van der Waals surface area contributed by atoms with Crippen molar-refractivity contribution in [2.75, 3.05) is 0 Å². The van der Waals surface area contributed by atoms with Gasteiger partial charge in [-0.3, -0.25) is 0 Å². The third-order valence-corrected chi connectivity index (χ3v) is 2.78. The summed E-state index contributed by atoms with van der Waals surface area (Å²) in [7, 11) is 0. The Bertz CT molecular complexity index is 373. The van der Waals surface area contributed by atoms with E-state index >= 15 is 0 Å². The summed E-state index contributed by atoms with van der Waals surface area (Å²) in [5.41, 5.74) is 2.42. The Labute approximate surface area is 69.9 Å². The summed E-state index contributed by atoms with van der Waals surface area (Å²) in [4.78, 5) is 0.646. The van der Waals surface area contributed by atoms with Crippen molar-refractivity contribution < 1.29 is 4.85 Å². The molecule has 3 nitrogen and oxygen atoms in total.